The smallest absolute Gasteiger partial charge is 0.478 e. The number of halogens is 3. The number of nitro benzene ring substituents is 1. The molecule has 14 heteroatoms. The third-order valence-electron chi connectivity index (χ3n) is 5.87. The average molecular weight is 574 g/mol. The third-order valence-corrected chi connectivity index (χ3v) is 5.87. The van der Waals surface area contributed by atoms with E-state index >= 15 is 0 Å². The molecular formula is C27H26F3N5O6. The van der Waals surface area contributed by atoms with Gasteiger partial charge in [-0.15, -0.1) is 0 Å². The van der Waals surface area contributed by atoms with E-state index in [-0.39, 0.29) is 11.3 Å². The molecule has 0 bridgehead atoms. The summed E-state index contributed by atoms with van der Waals surface area (Å²) in [6, 6.07) is 23.2. The van der Waals surface area contributed by atoms with Crippen LogP contribution < -0.4 is 10.2 Å². The first-order chi connectivity index (χ1) is 19.4. The minimum Gasteiger partial charge on any atom is -0.478 e. The minimum atomic E-state index is -5.08. The lowest BCUT2D eigenvalue weighted by atomic mass is 10.2. The van der Waals surface area contributed by atoms with Crippen molar-refractivity contribution in [3.8, 4) is 0 Å². The van der Waals surface area contributed by atoms with E-state index in [1.807, 2.05) is 36.4 Å². The van der Waals surface area contributed by atoms with Crippen LogP contribution in [0.2, 0.25) is 0 Å². The number of anilines is 2. The molecular weight excluding hydrogens is 547 g/mol. The molecule has 3 aromatic carbocycles. The molecule has 0 amide bonds. The summed E-state index contributed by atoms with van der Waals surface area (Å²) >= 11 is 0. The number of carbonyl (C=O) groups is 2. The van der Waals surface area contributed by atoms with Gasteiger partial charge >= 0.3 is 18.1 Å². The van der Waals surface area contributed by atoms with Crippen LogP contribution in [0.4, 0.5) is 30.2 Å². The quantitative estimate of drug-likeness (QED) is 0.165. The van der Waals surface area contributed by atoms with Crippen molar-refractivity contribution in [1.82, 2.24) is 4.90 Å². The van der Waals surface area contributed by atoms with Gasteiger partial charge in [-0.1, -0.05) is 36.4 Å². The number of benzene rings is 3. The Morgan fingerprint density at radius 1 is 0.927 bits per heavy atom. The zero-order valence-corrected chi connectivity index (χ0v) is 21.5. The maximum atomic E-state index is 11.4. The Balaban J connectivity index is 0.000000587. The van der Waals surface area contributed by atoms with Gasteiger partial charge in [-0.2, -0.15) is 13.2 Å². The van der Waals surface area contributed by atoms with Crippen LogP contribution in [0.25, 0.3) is 0 Å². The van der Waals surface area contributed by atoms with Crippen LogP contribution in [0.1, 0.15) is 15.9 Å². The van der Waals surface area contributed by atoms with Gasteiger partial charge < -0.3 is 25.3 Å². The zero-order valence-electron chi connectivity index (χ0n) is 21.5. The summed E-state index contributed by atoms with van der Waals surface area (Å²) in [7, 11) is 0. The number of hydrogen-bond donors (Lipinski definition) is 3. The molecule has 0 saturated carbocycles. The second kappa shape index (κ2) is 13.8. The molecule has 1 fully saturated rings. The number of alkyl halides is 3. The highest BCUT2D eigenvalue weighted by molar-refractivity contribution is 5.96. The third kappa shape index (κ3) is 9.23. The molecule has 4 rings (SSSR count). The number of rotatable bonds is 6. The first-order valence-corrected chi connectivity index (χ1v) is 12.2. The molecule has 3 N–H and O–H groups in total. The molecule has 1 saturated heterocycles. The summed E-state index contributed by atoms with van der Waals surface area (Å²) in [6.07, 6.45) is -5.08. The van der Waals surface area contributed by atoms with Gasteiger partial charge in [0.1, 0.15) is 0 Å². The largest absolute Gasteiger partial charge is 0.490 e. The second-order valence-corrected chi connectivity index (χ2v) is 8.69. The number of nitro groups is 1. The van der Waals surface area contributed by atoms with Gasteiger partial charge in [-0.25, -0.2) is 14.6 Å². The fourth-order valence-corrected chi connectivity index (χ4v) is 3.79. The fourth-order valence-electron chi connectivity index (χ4n) is 3.79. The van der Waals surface area contributed by atoms with Crippen LogP contribution in [-0.4, -0.2) is 70.3 Å². The second-order valence-electron chi connectivity index (χ2n) is 8.69. The van der Waals surface area contributed by atoms with Crippen LogP contribution in [0.3, 0.4) is 0 Å². The zero-order chi connectivity index (χ0) is 30.0. The Labute approximate surface area is 232 Å². The molecule has 41 heavy (non-hydrogen) atoms. The number of aliphatic imine (C=N–C) groups is 1. The molecule has 11 nitrogen and oxygen atoms in total. The number of hydrogen-bond acceptors (Lipinski definition) is 6. The molecule has 0 aliphatic carbocycles. The first kappa shape index (κ1) is 30.4. The van der Waals surface area contributed by atoms with Gasteiger partial charge in [0.25, 0.3) is 5.69 Å². The van der Waals surface area contributed by atoms with Crippen molar-refractivity contribution in [2.75, 3.05) is 36.4 Å². The number of carboxylic acids is 2. The summed E-state index contributed by atoms with van der Waals surface area (Å²) in [5, 5.41) is 30.7. The molecule has 216 valence electrons. The van der Waals surface area contributed by atoms with E-state index < -0.39 is 23.0 Å². The number of nitrogens with zero attached hydrogens (tertiary/aromatic N) is 4. The van der Waals surface area contributed by atoms with Crippen molar-refractivity contribution in [1.29, 1.82) is 0 Å². The number of aliphatic carboxylic acids is 1. The van der Waals surface area contributed by atoms with Crippen molar-refractivity contribution in [3.63, 3.8) is 0 Å². The molecule has 0 aromatic heterocycles. The van der Waals surface area contributed by atoms with Gasteiger partial charge in [-0.05, 0) is 35.9 Å². The van der Waals surface area contributed by atoms with Crippen molar-refractivity contribution in [3.05, 3.63) is 100 Å². The molecule has 0 spiro atoms. The first-order valence-electron chi connectivity index (χ1n) is 12.2. The Bertz CT molecular complexity index is 1380. The number of carboxylic acid groups (broad SMARTS) is 2. The molecule has 0 radical (unpaired) electrons. The predicted molar refractivity (Wildman–Crippen MR) is 145 cm³/mol. The Kier molecular flexibility index (Phi) is 10.2. The number of nitrogens with one attached hydrogen (secondary N) is 1. The molecule has 1 aliphatic rings. The molecule has 1 aliphatic heterocycles. The monoisotopic (exact) mass is 573 g/mol. The van der Waals surface area contributed by atoms with Gasteiger partial charge in [-0.3, -0.25) is 10.1 Å². The van der Waals surface area contributed by atoms with Gasteiger partial charge in [0.15, 0.2) is 5.96 Å². The summed E-state index contributed by atoms with van der Waals surface area (Å²) in [4.78, 5) is 39.9. The van der Waals surface area contributed by atoms with E-state index in [2.05, 4.69) is 15.1 Å². The maximum Gasteiger partial charge on any atom is 0.490 e. The van der Waals surface area contributed by atoms with E-state index in [1.165, 1.54) is 12.1 Å². The lowest BCUT2D eigenvalue weighted by Gasteiger charge is -2.37. The lowest BCUT2D eigenvalue weighted by molar-refractivity contribution is -0.384. The predicted octanol–water partition coefficient (Wildman–Crippen LogP) is 4.72. The van der Waals surface area contributed by atoms with Gasteiger partial charge in [0, 0.05) is 49.7 Å². The van der Waals surface area contributed by atoms with Crippen molar-refractivity contribution < 1.29 is 37.9 Å². The van der Waals surface area contributed by atoms with Crippen molar-refractivity contribution >= 4 is 35.0 Å². The van der Waals surface area contributed by atoms with Gasteiger partial charge in [0.2, 0.25) is 0 Å². The van der Waals surface area contributed by atoms with Crippen LogP contribution in [-0.2, 0) is 11.3 Å². The molecule has 0 atom stereocenters. The van der Waals surface area contributed by atoms with Crippen molar-refractivity contribution in [2.45, 2.75) is 12.7 Å². The highest BCUT2D eigenvalue weighted by atomic mass is 19.4. The number of guanidine groups is 1. The number of piperazine rings is 1. The van der Waals surface area contributed by atoms with E-state index in [1.54, 1.807) is 30.3 Å². The summed E-state index contributed by atoms with van der Waals surface area (Å²) in [6.45, 7) is 3.31. The molecule has 1 heterocycles. The Morgan fingerprint density at radius 3 is 2.07 bits per heavy atom. The summed E-state index contributed by atoms with van der Waals surface area (Å²) in [5.74, 6) is -3.06. The Hall–Kier alpha value is -5.14. The standard InChI is InChI=1S/C25H25N5O4.C2HF3O2/c31-24(32)20-7-4-8-21(17-20)27-25(26-18-19-5-2-1-3-6-19)29-15-13-28(14-16-29)22-9-11-23(12-10-22)30(33)34;3-2(4,5)1(6)7/h1-12,17H,13-16,18H2,(H,26,27)(H,31,32);(H,6,7). The average Bonchev–Trinajstić information content (AvgIpc) is 2.96. The summed E-state index contributed by atoms with van der Waals surface area (Å²) in [5.41, 5.74) is 2.95. The Morgan fingerprint density at radius 2 is 1.54 bits per heavy atom. The number of non-ortho nitro benzene ring substituents is 1. The SMILES string of the molecule is O=C(O)C(F)(F)F.O=C(O)c1cccc(NC(=NCc2ccccc2)N2CCN(c3ccc([N+](=O)[O-])cc3)CC2)c1. The topological polar surface area (TPSA) is 149 Å². The van der Waals surface area contributed by atoms with E-state index in [9.17, 15) is 33.2 Å². The van der Waals surface area contributed by atoms with Crippen LogP contribution in [0.15, 0.2) is 83.9 Å². The van der Waals surface area contributed by atoms with E-state index in [4.69, 9.17) is 14.9 Å². The highest BCUT2D eigenvalue weighted by Gasteiger charge is 2.38. The van der Waals surface area contributed by atoms with Crippen LogP contribution in [0.5, 0.6) is 0 Å². The van der Waals surface area contributed by atoms with E-state index in [0.29, 0.717) is 31.3 Å². The van der Waals surface area contributed by atoms with Crippen LogP contribution >= 0.6 is 0 Å². The van der Waals surface area contributed by atoms with Gasteiger partial charge in [0.05, 0.1) is 17.0 Å². The normalized spacial score (nSPS) is 13.6. The minimum absolute atomic E-state index is 0.0745. The highest BCUT2D eigenvalue weighted by Crippen LogP contribution is 2.21. The number of aromatic carboxylic acids is 1. The maximum absolute atomic E-state index is 11.4. The van der Waals surface area contributed by atoms with Crippen LogP contribution in [0, 0.1) is 10.1 Å². The molecule has 3 aromatic rings. The fraction of sp³-hybridized carbons (Fsp3) is 0.222. The molecule has 0 unspecified atom stereocenters. The van der Waals surface area contributed by atoms with Crippen molar-refractivity contribution in [2.24, 2.45) is 4.99 Å². The lowest BCUT2D eigenvalue weighted by Crippen LogP contribution is -2.50. The summed E-state index contributed by atoms with van der Waals surface area (Å²) < 4.78 is 31.7. The van der Waals surface area contributed by atoms with E-state index in [0.717, 1.165) is 24.3 Å².